The maximum atomic E-state index is 10.5. The molecule has 1 atom stereocenters. The van der Waals surface area contributed by atoms with E-state index in [1.54, 1.807) is 13.2 Å². The Morgan fingerprint density at radius 2 is 2.00 bits per heavy atom. The first-order chi connectivity index (χ1) is 10.8. The minimum Gasteiger partial charge on any atom is -0.504 e. The van der Waals surface area contributed by atoms with Gasteiger partial charge in [0, 0.05) is 28.7 Å². The molecule has 1 unspecified atom stereocenters. The van der Waals surface area contributed by atoms with Crippen LogP contribution < -0.4 is 10.1 Å². The van der Waals surface area contributed by atoms with Gasteiger partial charge in [-0.15, -0.1) is 0 Å². The lowest BCUT2D eigenvalue weighted by Gasteiger charge is -2.25. The van der Waals surface area contributed by atoms with Crippen LogP contribution in [0.5, 0.6) is 11.5 Å². The quantitative estimate of drug-likeness (QED) is 0.680. The molecular weight excluding hydrogens is 276 g/mol. The minimum absolute atomic E-state index is 0.0498. The van der Waals surface area contributed by atoms with Crippen molar-refractivity contribution in [3.05, 3.63) is 59.3 Å². The molecule has 0 saturated heterocycles. The van der Waals surface area contributed by atoms with Crippen molar-refractivity contribution in [2.24, 2.45) is 0 Å². The highest BCUT2D eigenvalue weighted by molar-refractivity contribution is 5.85. The van der Waals surface area contributed by atoms with E-state index in [1.165, 1.54) is 10.9 Å². The van der Waals surface area contributed by atoms with Crippen LogP contribution >= 0.6 is 0 Å². The van der Waals surface area contributed by atoms with Crippen LogP contribution in [0, 0.1) is 0 Å². The maximum Gasteiger partial charge on any atom is 0.162 e. The molecule has 0 fully saturated rings. The first-order valence-corrected chi connectivity index (χ1v) is 7.48. The summed E-state index contributed by atoms with van der Waals surface area (Å²) in [5.41, 5.74) is 4.45. The van der Waals surface area contributed by atoms with Crippen molar-refractivity contribution < 1.29 is 9.84 Å². The van der Waals surface area contributed by atoms with Gasteiger partial charge in [0.25, 0.3) is 0 Å². The SMILES string of the molecule is COc1cccc(C2NCCc3c2[nH]c2ccccc32)c1O. The number of H-pyrrole nitrogens is 1. The van der Waals surface area contributed by atoms with Gasteiger partial charge in [-0.2, -0.15) is 0 Å². The number of fused-ring (bicyclic) bond motifs is 3. The summed E-state index contributed by atoms with van der Waals surface area (Å²) >= 11 is 0. The normalized spacial score (nSPS) is 17.4. The fraction of sp³-hybridized carbons (Fsp3) is 0.222. The Kier molecular flexibility index (Phi) is 3.05. The van der Waals surface area contributed by atoms with E-state index in [2.05, 4.69) is 28.5 Å². The highest BCUT2D eigenvalue weighted by atomic mass is 16.5. The molecule has 2 aromatic carbocycles. The van der Waals surface area contributed by atoms with Crippen LogP contribution in [0.2, 0.25) is 0 Å². The summed E-state index contributed by atoms with van der Waals surface area (Å²) in [5, 5.41) is 15.2. The Balaban J connectivity index is 1.90. The average molecular weight is 294 g/mol. The molecule has 3 N–H and O–H groups in total. The fourth-order valence-electron chi connectivity index (χ4n) is 3.38. The van der Waals surface area contributed by atoms with Crippen molar-refractivity contribution in [3.63, 3.8) is 0 Å². The number of rotatable bonds is 2. The highest BCUT2D eigenvalue weighted by Gasteiger charge is 2.27. The molecule has 0 radical (unpaired) electrons. The summed E-state index contributed by atoms with van der Waals surface area (Å²) in [6.45, 7) is 0.885. The predicted molar refractivity (Wildman–Crippen MR) is 86.5 cm³/mol. The van der Waals surface area contributed by atoms with Gasteiger partial charge in [-0.3, -0.25) is 0 Å². The minimum atomic E-state index is -0.0498. The lowest BCUT2D eigenvalue weighted by atomic mass is 9.93. The second-order valence-corrected chi connectivity index (χ2v) is 5.60. The molecule has 112 valence electrons. The number of hydrogen-bond donors (Lipinski definition) is 3. The van der Waals surface area contributed by atoms with Gasteiger partial charge in [0.2, 0.25) is 0 Å². The van der Waals surface area contributed by atoms with Gasteiger partial charge in [0.1, 0.15) is 0 Å². The molecule has 0 spiro atoms. The van der Waals surface area contributed by atoms with Crippen molar-refractivity contribution >= 4 is 10.9 Å². The Morgan fingerprint density at radius 3 is 2.86 bits per heavy atom. The Bertz CT molecular complexity index is 838. The van der Waals surface area contributed by atoms with Gasteiger partial charge in [-0.05, 0) is 24.1 Å². The zero-order valence-electron chi connectivity index (χ0n) is 12.4. The molecule has 22 heavy (non-hydrogen) atoms. The van der Waals surface area contributed by atoms with E-state index in [9.17, 15) is 5.11 Å². The van der Waals surface area contributed by atoms with E-state index in [0.29, 0.717) is 5.75 Å². The average Bonchev–Trinajstić information content (AvgIpc) is 2.94. The van der Waals surface area contributed by atoms with Crippen LogP contribution in [0.25, 0.3) is 10.9 Å². The number of phenols is 1. The first-order valence-electron chi connectivity index (χ1n) is 7.48. The van der Waals surface area contributed by atoms with E-state index in [-0.39, 0.29) is 11.8 Å². The maximum absolute atomic E-state index is 10.5. The van der Waals surface area contributed by atoms with Crippen LogP contribution in [-0.4, -0.2) is 23.7 Å². The van der Waals surface area contributed by atoms with Crippen molar-refractivity contribution in [3.8, 4) is 11.5 Å². The molecule has 4 nitrogen and oxygen atoms in total. The number of aromatic amines is 1. The van der Waals surface area contributed by atoms with Gasteiger partial charge in [-0.1, -0.05) is 30.3 Å². The summed E-state index contributed by atoms with van der Waals surface area (Å²) in [6.07, 6.45) is 0.987. The first kappa shape index (κ1) is 13.2. The molecule has 0 saturated carbocycles. The largest absolute Gasteiger partial charge is 0.504 e. The Hall–Kier alpha value is -2.46. The van der Waals surface area contributed by atoms with Crippen LogP contribution in [0.4, 0.5) is 0 Å². The number of methoxy groups -OCH3 is 1. The topological polar surface area (TPSA) is 57.3 Å². The molecular formula is C18H18N2O2. The van der Waals surface area contributed by atoms with Crippen LogP contribution in [0.3, 0.4) is 0 Å². The number of benzene rings is 2. The fourth-order valence-corrected chi connectivity index (χ4v) is 3.38. The lowest BCUT2D eigenvalue weighted by molar-refractivity contribution is 0.367. The van der Waals surface area contributed by atoms with E-state index in [1.807, 2.05) is 18.2 Å². The van der Waals surface area contributed by atoms with Gasteiger partial charge >= 0.3 is 0 Å². The third-order valence-electron chi connectivity index (χ3n) is 4.42. The van der Waals surface area contributed by atoms with Gasteiger partial charge in [0.05, 0.1) is 13.2 Å². The number of para-hydroxylation sites is 2. The number of phenolic OH excluding ortho intramolecular Hbond substituents is 1. The number of aromatic hydroxyl groups is 1. The standard InChI is InChI=1S/C18H18N2O2/c1-22-15-8-4-6-13(18(15)21)16-17-12(9-10-19-16)11-5-2-3-7-14(11)20-17/h2-8,16,19-21H,9-10H2,1H3. The smallest absolute Gasteiger partial charge is 0.162 e. The molecule has 0 aliphatic carbocycles. The van der Waals surface area contributed by atoms with E-state index >= 15 is 0 Å². The summed E-state index contributed by atoms with van der Waals surface area (Å²) < 4.78 is 5.24. The second-order valence-electron chi connectivity index (χ2n) is 5.60. The van der Waals surface area contributed by atoms with Crippen molar-refractivity contribution in [1.82, 2.24) is 10.3 Å². The molecule has 1 aliphatic rings. The second kappa shape index (κ2) is 5.07. The molecule has 4 rings (SSSR count). The number of ether oxygens (including phenoxy) is 1. The van der Waals surface area contributed by atoms with Crippen molar-refractivity contribution in [2.45, 2.75) is 12.5 Å². The van der Waals surface area contributed by atoms with Crippen molar-refractivity contribution in [1.29, 1.82) is 0 Å². The van der Waals surface area contributed by atoms with Gasteiger partial charge < -0.3 is 20.1 Å². The third-order valence-corrected chi connectivity index (χ3v) is 4.42. The lowest BCUT2D eigenvalue weighted by Crippen LogP contribution is -2.30. The summed E-state index contributed by atoms with van der Waals surface area (Å²) in [4.78, 5) is 3.51. The summed E-state index contributed by atoms with van der Waals surface area (Å²) in [7, 11) is 1.57. The van der Waals surface area contributed by atoms with E-state index in [4.69, 9.17) is 4.74 Å². The van der Waals surface area contributed by atoms with Crippen LogP contribution in [0.1, 0.15) is 22.9 Å². The Labute approximate surface area is 128 Å². The third kappa shape index (κ3) is 1.88. The molecule has 2 heterocycles. The molecule has 1 aliphatic heterocycles. The molecule has 1 aromatic heterocycles. The van der Waals surface area contributed by atoms with E-state index in [0.717, 1.165) is 29.7 Å². The zero-order valence-corrected chi connectivity index (χ0v) is 12.4. The predicted octanol–water partition coefficient (Wildman–Crippen LogP) is 3.12. The molecule has 0 bridgehead atoms. The molecule has 0 amide bonds. The van der Waals surface area contributed by atoms with Crippen LogP contribution in [-0.2, 0) is 6.42 Å². The van der Waals surface area contributed by atoms with Crippen molar-refractivity contribution in [2.75, 3.05) is 13.7 Å². The van der Waals surface area contributed by atoms with Gasteiger partial charge in [0.15, 0.2) is 11.5 Å². The number of aromatic nitrogens is 1. The number of nitrogens with one attached hydrogen (secondary N) is 2. The van der Waals surface area contributed by atoms with E-state index < -0.39 is 0 Å². The number of hydrogen-bond acceptors (Lipinski definition) is 3. The molecule has 3 aromatic rings. The molecule has 4 heteroatoms. The van der Waals surface area contributed by atoms with Crippen LogP contribution in [0.15, 0.2) is 42.5 Å². The highest BCUT2D eigenvalue weighted by Crippen LogP contribution is 2.39. The summed E-state index contributed by atoms with van der Waals surface area (Å²) in [5.74, 6) is 0.705. The monoisotopic (exact) mass is 294 g/mol. The van der Waals surface area contributed by atoms with Gasteiger partial charge in [-0.25, -0.2) is 0 Å². The Morgan fingerprint density at radius 1 is 1.14 bits per heavy atom. The summed E-state index contributed by atoms with van der Waals surface area (Å²) in [6, 6.07) is 13.9. The zero-order chi connectivity index (χ0) is 15.1.